The predicted octanol–water partition coefficient (Wildman–Crippen LogP) is 4.31. The van der Waals surface area contributed by atoms with E-state index < -0.39 is 27.4 Å². The molecule has 166 valence electrons. The van der Waals surface area contributed by atoms with Crippen molar-refractivity contribution in [2.75, 3.05) is 13.7 Å². The number of hydrogen-bond acceptors (Lipinski definition) is 4. The van der Waals surface area contributed by atoms with Crippen molar-refractivity contribution in [2.24, 2.45) is 0 Å². The molecule has 1 fully saturated rings. The minimum absolute atomic E-state index is 0.00298. The maximum Gasteiger partial charge on any atom is 0.307 e. The van der Waals surface area contributed by atoms with Crippen LogP contribution in [0, 0.1) is 6.92 Å². The molecular weight excluding hydrogens is 422 g/mol. The molecule has 0 amide bonds. The number of esters is 1. The molecule has 0 radical (unpaired) electrons. The summed E-state index contributed by atoms with van der Waals surface area (Å²) in [6.45, 7) is 2.17. The minimum atomic E-state index is -3.82. The highest BCUT2D eigenvalue weighted by molar-refractivity contribution is 7.89. The molecule has 3 aromatic carbocycles. The molecule has 0 aromatic heterocycles. The summed E-state index contributed by atoms with van der Waals surface area (Å²) in [5.74, 6) is -0.420. The second kappa shape index (κ2) is 8.88. The molecule has 6 heteroatoms. The van der Waals surface area contributed by atoms with Crippen LogP contribution in [0.15, 0.2) is 89.8 Å². The van der Waals surface area contributed by atoms with Crippen LogP contribution in [-0.4, -0.2) is 38.4 Å². The zero-order valence-corrected chi connectivity index (χ0v) is 19.1. The Labute approximate surface area is 189 Å². The van der Waals surface area contributed by atoms with Crippen LogP contribution < -0.4 is 0 Å². The van der Waals surface area contributed by atoms with Gasteiger partial charge in [-0.1, -0.05) is 78.4 Å². The summed E-state index contributed by atoms with van der Waals surface area (Å²) in [6.07, 6.45) is 0.490. The number of rotatable bonds is 6. The Morgan fingerprint density at radius 2 is 1.47 bits per heavy atom. The lowest BCUT2D eigenvalue weighted by molar-refractivity contribution is -0.141. The van der Waals surface area contributed by atoms with Crippen LogP contribution in [0.1, 0.15) is 29.5 Å². The third kappa shape index (κ3) is 4.08. The summed E-state index contributed by atoms with van der Waals surface area (Å²) in [4.78, 5) is 12.5. The van der Waals surface area contributed by atoms with Crippen molar-refractivity contribution in [2.45, 2.75) is 36.1 Å². The van der Waals surface area contributed by atoms with Gasteiger partial charge in [0.15, 0.2) is 0 Å². The summed E-state index contributed by atoms with van der Waals surface area (Å²) in [7, 11) is -2.49. The predicted molar refractivity (Wildman–Crippen MR) is 124 cm³/mol. The van der Waals surface area contributed by atoms with Gasteiger partial charge in [0.1, 0.15) is 0 Å². The Morgan fingerprint density at radius 3 is 1.97 bits per heavy atom. The molecule has 1 saturated heterocycles. The van der Waals surface area contributed by atoms with Gasteiger partial charge in [-0.05, 0) is 36.6 Å². The zero-order valence-electron chi connectivity index (χ0n) is 18.3. The molecule has 1 unspecified atom stereocenters. The smallest absolute Gasteiger partial charge is 0.307 e. The molecule has 5 nitrogen and oxygen atoms in total. The molecule has 0 bridgehead atoms. The fourth-order valence-electron chi connectivity index (χ4n) is 4.64. The van der Waals surface area contributed by atoms with Crippen LogP contribution in [0.3, 0.4) is 0 Å². The number of sulfonamides is 1. The van der Waals surface area contributed by atoms with Crippen LogP contribution in [0.5, 0.6) is 0 Å². The molecule has 0 saturated carbocycles. The molecule has 1 aliphatic heterocycles. The number of methoxy groups -OCH3 is 1. The third-order valence-corrected chi connectivity index (χ3v) is 8.24. The minimum Gasteiger partial charge on any atom is -0.469 e. The van der Waals surface area contributed by atoms with Gasteiger partial charge in [0.2, 0.25) is 10.0 Å². The molecular formula is C26H27NO4S. The van der Waals surface area contributed by atoms with Gasteiger partial charge in [-0.3, -0.25) is 4.79 Å². The van der Waals surface area contributed by atoms with E-state index in [1.807, 2.05) is 67.6 Å². The quantitative estimate of drug-likeness (QED) is 0.526. The van der Waals surface area contributed by atoms with Gasteiger partial charge < -0.3 is 4.74 Å². The SMILES string of the molecule is COC(=O)CC1CC(c2ccccc2)(c2ccccc2)CN1S(=O)(=O)c1ccc(C)cc1. The van der Waals surface area contributed by atoms with Crippen LogP contribution >= 0.6 is 0 Å². The average molecular weight is 450 g/mol. The average Bonchev–Trinajstić information content (AvgIpc) is 3.21. The summed E-state index contributed by atoms with van der Waals surface area (Å²) in [5, 5.41) is 0. The van der Waals surface area contributed by atoms with Gasteiger partial charge in [-0.25, -0.2) is 8.42 Å². The van der Waals surface area contributed by atoms with Crippen LogP contribution in [0.4, 0.5) is 0 Å². The largest absolute Gasteiger partial charge is 0.469 e. The fraction of sp³-hybridized carbons (Fsp3) is 0.269. The second-order valence-corrected chi connectivity index (χ2v) is 10.2. The number of carbonyl (C=O) groups excluding carboxylic acids is 1. The van der Waals surface area contributed by atoms with Gasteiger partial charge in [0, 0.05) is 18.0 Å². The molecule has 1 heterocycles. The molecule has 3 aromatic rings. The highest BCUT2D eigenvalue weighted by atomic mass is 32.2. The molecule has 0 spiro atoms. The molecule has 1 atom stereocenters. The van der Waals surface area contributed by atoms with Crippen molar-refractivity contribution in [3.63, 3.8) is 0 Å². The first-order valence-electron chi connectivity index (χ1n) is 10.6. The van der Waals surface area contributed by atoms with E-state index in [-0.39, 0.29) is 17.9 Å². The summed E-state index contributed by atoms with van der Waals surface area (Å²) in [5.41, 5.74) is 2.48. The topological polar surface area (TPSA) is 63.7 Å². The van der Waals surface area contributed by atoms with Crippen LogP contribution in [0.25, 0.3) is 0 Å². The van der Waals surface area contributed by atoms with Gasteiger partial charge >= 0.3 is 5.97 Å². The number of aryl methyl sites for hydroxylation is 1. The molecule has 0 N–H and O–H groups in total. The van der Waals surface area contributed by atoms with E-state index in [0.29, 0.717) is 6.42 Å². The molecule has 1 aliphatic rings. The lowest BCUT2D eigenvalue weighted by Gasteiger charge is -2.30. The number of hydrogen-bond donors (Lipinski definition) is 0. The van der Waals surface area contributed by atoms with E-state index >= 15 is 0 Å². The normalized spacial score (nSPS) is 18.4. The lowest BCUT2D eigenvalue weighted by Crippen LogP contribution is -2.38. The van der Waals surface area contributed by atoms with Crippen molar-refractivity contribution in [3.8, 4) is 0 Å². The van der Waals surface area contributed by atoms with E-state index in [4.69, 9.17) is 4.74 Å². The zero-order chi connectivity index (χ0) is 22.8. The number of ether oxygens (including phenoxy) is 1. The Hall–Kier alpha value is -2.96. The first kappa shape index (κ1) is 22.2. The van der Waals surface area contributed by atoms with Gasteiger partial charge in [0.05, 0.1) is 18.4 Å². The van der Waals surface area contributed by atoms with Crippen molar-refractivity contribution in [1.82, 2.24) is 4.31 Å². The standard InChI is InChI=1S/C26H27NO4S/c1-20-13-15-24(16-14-20)32(29,30)27-19-26(21-9-5-3-6-10-21,22-11-7-4-8-12-22)18-23(27)17-25(28)31-2/h3-16,23H,17-19H2,1-2H3. The number of carbonyl (C=O) groups is 1. The second-order valence-electron chi connectivity index (χ2n) is 8.32. The maximum atomic E-state index is 13.8. The van der Waals surface area contributed by atoms with E-state index in [9.17, 15) is 13.2 Å². The lowest BCUT2D eigenvalue weighted by atomic mass is 9.72. The number of benzene rings is 3. The van der Waals surface area contributed by atoms with E-state index in [1.54, 1.807) is 24.3 Å². The molecule has 0 aliphatic carbocycles. The maximum absolute atomic E-state index is 13.8. The Kier molecular flexibility index (Phi) is 6.17. The summed E-state index contributed by atoms with van der Waals surface area (Å²) < 4.78 is 33.9. The number of nitrogens with zero attached hydrogens (tertiary/aromatic N) is 1. The van der Waals surface area contributed by atoms with Crippen molar-refractivity contribution in [3.05, 3.63) is 102 Å². The first-order valence-corrected chi connectivity index (χ1v) is 12.1. The Bertz CT molecular complexity index is 1140. The van der Waals surface area contributed by atoms with Crippen molar-refractivity contribution in [1.29, 1.82) is 0 Å². The Morgan fingerprint density at radius 1 is 0.938 bits per heavy atom. The van der Waals surface area contributed by atoms with Crippen LogP contribution in [0.2, 0.25) is 0 Å². The third-order valence-electron chi connectivity index (χ3n) is 6.33. The first-order chi connectivity index (χ1) is 15.4. The van der Waals surface area contributed by atoms with E-state index in [0.717, 1.165) is 16.7 Å². The molecule has 32 heavy (non-hydrogen) atoms. The molecule has 4 rings (SSSR count). The van der Waals surface area contributed by atoms with Crippen molar-refractivity contribution < 1.29 is 17.9 Å². The van der Waals surface area contributed by atoms with Gasteiger partial charge in [-0.2, -0.15) is 4.31 Å². The van der Waals surface area contributed by atoms with E-state index in [1.165, 1.54) is 11.4 Å². The monoisotopic (exact) mass is 449 g/mol. The van der Waals surface area contributed by atoms with Crippen molar-refractivity contribution >= 4 is 16.0 Å². The fourth-order valence-corrected chi connectivity index (χ4v) is 6.32. The van der Waals surface area contributed by atoms with Crippen LogP contribution in [-0.2, 0) is 25.0 Å². The van der Waals surface area contributed by atoms with Gasteiger partial charge in [0.25, 0.3) is 0 Å². The van der Waals surface area contributed by atoms with E-state index in [2.05, 4.69) is 0 Å². The summed E-state index contributed by atoms with van der Waals surface area (Å²) >= 11 is 0. The highest BCUT2D eigenvalue weighted by Gasteiger charge is 2.51. The Balaban J connectivity index is 1.85. The van der Waals surface area contributed by atoms with Gasteiger partial charge in [-0.15, -0.1) is 0 Å². The summed E-state index contributed by atoms with van der Waals surface area (Å²) in [6, 6.07) is 26.2. The highest BCUT2D eigenvalue weighted by Crippen LogP contribution is 2.46.